The summed E-state index contributed by atoms with van der Waals surface area (Å²) in [4.78, 5) is 11.8. The first-order valence-electron chi connectivity index (χ1n) is 7.06. The van der Waals surface area contributed by atoms with Crippen molar-refractivity contribution in [1.82, 2.24) is 5.32 Å². The molecule has 0 atom stereocenters. The van der Waals surface area contributed by atoms with Crippen molar-refractivity contribution in [3.8, 4) is 0 Å². The van der Waals surface area contributed by atoms with Gasteiger partial charge in [-0.3, -0.25) is 4.79 Å². The molecule has 0 aromatic heterocycles. The van der Waals surface area contributed by atoms with E-state index in [2.05, 4.69) is 26.6 Å². The van der Waals surface area contributed by atoms with Gasteiger partial charge in [0.2, 0.25) is 5.91 Å². The molecule has 3 nitrogen and oxygen atoms in total. The molecule has 2 aromatic rings. The first kappa shape index (κ1) is 16.6. The molecule has 2 N–H and O–H groups in total. The average molecular weight is 365 g/mol. The van der Waals surface area contributed by atoms with E-state index < -0.39 is 0 Å². The van der Waals surface area contributed by atoms with Crippen LogP contribution in [0.4, 0.5) is 10.1 Å². The number of rotatable bonds is 6. The quantitative estimate of drug-likeness (QED) is 0.767. The van der Waals surface area contributed by atoms with E-state index in [1.165, 1.54) is 12.1 Å². The van der Waals surface area contributed by atoms with Crippen LogP contribution in [-0.2, 0) is 11.2 Å². The Morgan fingerprint density at radius 1 is 1.18 bits per heavy atom. The topological polar surface area (TPSA) is 41.1 Å². The number of carbonyl (C=O) groups is 1. The molecule has 0 fully saturated rings. The summed E-state index contributed by atoms with van der Waals surface area (Å²) >= 11 is 3.44. The number of anilines is 1. The molecule has 2 aromatic carbocycles. The summed E-state index contributed by atoms with van der Waals surface area (Å²) in [6, 6.07) is 12.1. The summed E-state index contributed by atoms with van der Waals surface area (Å²) in [5.74, 6) is -0.324. The molecule has 0 bridgehead atoms. The van der Waals surface area contributed by atoms with Crippen molar-refractivity contribution in [2.24, 2.45) is 0 Å². The van der Waals surface area contributed by atoms with E-state index in [1.54, 1.807) is 12.1 Å². The Morgan fingerprint density at radius 2 is 1.91 bits per heavy atom. The molecule has 0 saturated carbocycles. The van der Waals surface area contributed by atoms with Crippen LogP contribution in [0, 0.1) is 12.7 Å². The second kappa shape index (κ2) is 8.06. The van der Waals surface area contributed by atoms with Crippen molar-refractivity contribution >= 4 is 27.5 Å². The molecule has 116 valence electrons. The lowest BCUT2D eigenvalue weighted by Gasteiger charge is -2.08. The monoisotopic (exact) mass is 364 g/mol. The molecule has 0 aliphatic rings. The van der Waals surface area contributed by atoms with E-state index in [9.17, 15) is 9.18 Å². The number of aryl methyl sites for hydroxylation is 1. The molecule has 0 aliphatic carbocycles. The van der Waals surface area contributed by atoms with Gasteiger partial charge in [-0.15, -0.1) is 0 Å². The highest BCUT2D eigenvalue weighted by molar-refractivity contribution is 9.10. The van der Waals surface area contributed by atoms with Crippen LogP contribution in [0.5, 0.6) is 0 Å². The first-order valence-corrected chi connectivity index (χ1v) is 7.85. The van der Waals surface area contributed by atoms with Gasteiger partial charge in [-0.25, -0.2) is 4.39 Å². The molecule has 22 heavy (non-hydrogen) atoms. The highest BCUT2D eigenvalue weighted by atomic mass is 79.9. The van der Waals surface area contributed by atoms with Gasteiger partial charge in [0.05, 0.1) is 6.54 Å². The largest absolute Gasteiger partial charge is 0.325 e. The van der Waals surface area contributed by atoms with E-state index in [0.29, 0.717) is 6.54 Å². The average Bonchev–Trinajstić information content (AvgIpc) is 2.49. The number of hydrogen-bond acceptors (Lipinski definition) is 2. The Kier molecular flexibility index (Phi) is 6.10. The fourth-order valence-corrected chi connectivity index (χ4v) is 2.34. The molecule has 1 amide bonds. The molecule has 0 unspecified atom stereocenters. The molecule has 0 aliphatic heterocycles. The smallest absolute Gasteiger partial charge is 0.238 e. The lowest BCUT2D eigenvalue weighted by Crippen LogP contribution is -2.29. The van der Waals surface area contributed by atoms with Gasteiger partial charge in [0.15, 0.2) is 0 Å². The minimum atomic E-state index is -0.236. The van der Waals surface area contributed by atoms with Gasteiger partial charge in [0.25, 0.3) is 0 Å². The summed E-state index contributed by atoms with van der Waals surface area (Å²) in [6.07, 6.45) is 0.754. The standard InChI is InChI=1S/C17H18BrFN2O/c1-12-2-7-15(10-16(12)18)21-17(22)11-20-9-8-13-3-5-14(19)6-4-13/h2-7,10,20H,8-9,11H2,1H3,(H,21,22). The van der Waals surface area contributed by atoms with Crippen LogP contribution in [-0.4, -0.2) is 19.0 Å². The fraction of sp³-hybridized carbons (Fsp3) is 0.235. The van der Waals surface area contributed by atoms with Crippen LogP contribution in [0.25, 0.3) is 0 Å². The SMILES string of the molecule is Cc1ccc(NC(=O)CNCCc2ccc(F)cc2)cc1Br. The maximum absolute atomic E-state index is 12.8. The zero-order chi connectivity index (χ0) is 15.9. The van der Waals surface area contributed by atoms with Crippen molar-refractivity contribution < 1.29 is 9.18 Å². The summed E-state index contributed by atoms with van der Waals surface area (Å²) in [7, 11) is 0. The summed E-state index contributed by atoms with van der Waals surface area (Å²) in [6.45, 7) is 2.90. The second-order valence-corrected chi connectivity index (χ2v) is 5.92. The Bertz CT molecular complexity index is 644. The number of halogens is 2. The summed E-state index contributed by atoms with van der Waals surface area (Å²) < 4.78 is 13.7. The number of carbonyl (C=O) groups excluding carboxylic acids is 1. The highest BCUT2D eigenvalue weighted by Gasteiger charge is 2.03. The molecule has 5 heteroatoms. The zero-order valence-electron chi connectivity index (χ0n) is 12.3. The third-order valence-corrected chi connectivity index (χ3v) is 4.10. The Labute approximate surface area is 138 Å². The first-order chi connectivity index (χ1) is 10.5. The maximum atomic E-state index is 12.8. The van der Waals surface area contributed by atoms with Crippen LogP contribution in [0.2, 0.25) is 0 Å². The van der Waals surface area contributed by atoms with Gasteiger partial charge >= 0.3 is 0 Å². The number of amides is 1. The minimum absolute atomic E-state index is 0.0881. The lowest BCUT2D eigenvalue weighted by atomic mass is 10.1. The molecular formula is C17H18BrFN2O. The van der Waals surface area contributed by atoms with Crippen molar-refractivity contribution in [3.05, 3.63) is 63.9 Å². The summed E-state index contributed by atoms with van der Waals surface area (Å²) in [5, 5.41) is 5.91. The summed E-state index contributed by atoms with van der Waals surface area (Å²) in [5.41, 5.74) is 2.93. The van der Waals surface area contributed by atoms with E-state index in [-0.39, 0.29) is 18.3 Å². The maximum Gasteiger partial charge on any atom is 0.238 e. The predicted molar refractivity (Wildman–Crippen MR) is 90.5 cm³/mol. The number of hydrogen-bond donors (Lipinski definition) is 2. The van der Waals surface area contributed by atoms with Gasteiger partial charge in [-0.1, -0.05) is 34.1 Å². The highest BCUT2D eigenvalue weighted by Crippen LogP contribution is 2.20. The Balaban J connectivity index is 1.71. The van der Waals surface area contributed by atoms with Crippen LogP contribution < -0.4 is 10.6 Å². The third-order valence-electron chi connectivity index (χ3n) is 3.24. The molecule has 0 radical (unpaired) electrons. The predicted octanol–water partition coefficient (Wildman–Crippen LogP) is 3.67. The van der Waals surface area contributed by atoms with Crippen molar-refractivity contribution in [2.75, 3.05) is 18.4 Å². The lowest BCUT2D eigenvalue weighted by molar-refractivity contribution is -0.115. The van der Waals surface area contributed by atoms with Crippen LogP contribution in [0.1, 0.15) is 11.1 Å². The molecule has 0 spiro atoms. The molecule has 2 rings (SSSR count). The van der Waals surface area contributed by atoms with E-state index >= 15 is 0 Å². The van der Waals surface area contributed by atoms with E-state index in [0.717, 1.165) is 27.7 Å². The van der Waals surface area contributed by atoms with Gasteiger partial charge < -0.3 is 10.6 Å². The molecule has 0 saturated heterocycles. The zero-order valence-corrected chi connectivity index (χ0v) is 13.9. The Morgan fingerprint density at radius 3 is 2.59 bits per heavy atom. The number of benzene rings is 2. The van der Waals surface area contributed by atoms with Crippen molar-refractivity contribution in [2.45, 2.75) is 13.3 Å². The van der Waals surface area contributed by atoms with Crippen molar-refractivity contribution in [3.63, 3.8) is 0 Å². The van der Waals surface area contributed by atoms with Gasteiger partial charge in [-0.2, -0.15) is 0 Å². The molecule has 0 heterocycles. The van der Waals surface area contributed by atoms with E-state index in [4.69, 9.17) is 0 Å². The Hall–Kier alpha value is -1.72. The van der Waals surface area contributed by atoms with Crippen LogP contribution in [0.15, 0.2) is 46.9 Å². The van der Waals surface area contributed by atoms with Gasteiger partial charge in [0.1, 0.15) is 5.82 Å². The van der Waals surface area contributed by atoms with Crippen LogP contribution in [0.3, 0.4) is 0 Å². The third kappa shape index (κ3) is 5.24. The van der Waals surface area contributed by atoms with Crippen molar-refractivity contribution in [1.29, 1.82) is 0 Å². The molecular weight excluding hydrogens is 347 g/mol. The second-order valence-electron chi connectivity index (χ2n) is 5.07. The minimum Gasteiger partial charge on any atom is -0.325 e. The fourth-order valence-electron chi connectivity index (χ4n) is 1.96. The van der Waals surface area contributed by atoms with Crippen LogP contribution >= 0.6 is 15.9 Å². The van der Waals surface area contributed by atoms with E-state index in [1.807, 2.05) is 25.1 Å². The van der Waals surface area contributed by atoms with Gasteiger partial charge in [-0.05, 0) is 55.3 Å². The normalized spacial score (nSPS) is 10.5. The number of nitrogens with one attached hydrogen (secondary N) is 2. The van der Waals surface area contributed by atoms with Gasteiger partial charge in [0, 0.05) is 10.2 Å².